The number of hydrogen-bond acceptors (Lipinski definition) is 7. The van der Waals surface area contributed by atoms with Crippen LogP contribution in [0.5, 0.6) is 0 Å². The summed E-state index contributed by atoms with van der Waals surface area (Å²) in [6.07, 6.45) is 0.404. The number of rotatable bonds is 7. The lowest BCUT2D eigenvalue weighted by molar-refractivity contribution is -0.192. The number of carbonyl (C=O) groups excluding carboxylic acids is 1. The van der Waals surface area contributed by atoms with Crippen molar-refractivity contribution in [1.29, 1.82) is 5.26 Å². The monoisotopic (exact) mass is 481 g/mol. The third-order valence-corrected chi connectivity index (χ3v) is 4.66. The summed E-state index contributed by atoms with van der Waals surface area (Å²) in [4.78, 5) is 32.9. The summed E-state index contributed by atoms with van der Waals surface area (Å²) >= 11 is 0. The number of anilines is 1. The van der Waals surface area contributed by atoms with Gasteiger partial charge in [0.1, 0.15) is 23.0 Å². The predicted molar refractivity (Wildman–Crippen MR) is 115 cm³/mol. The lowest BCUT2D eigenvalue weighted by atomic mass is 9.95. The molecular weight excluding hydrogens is 455 g/mol. The molecule has 2 heterocycles. The SMILES string of the molecule is CC(C)(C)c1ncc(C(=O)N(CCC#N)C2CC2)c(NCc2ccco2)n1.O=C(O)C(F)(F)F. The molecule has 0 spiro atoms. The average Bonchev–Trinajstić information content (AvgIpc) is 3.45. The summed E-state index contributed by atoms with van der Waals surface area (Å²) in [5.41, 5.74) is 0.194. The normalized spacial score (nSPS) is 13.3. The molecule has 0 unspecified atom stereocenters. The van der Waals surface area contributed by atoms with Gasteiger partial charge in [-0.2, -0.15) is 18.4 Å². The van der Waals surface area contributed by atoms with Crippen molar-refractivity contribution in [2.75, 3.05) is 11.9 Å². The highest BCUT2D eigenvalue weighted by Gasteiger charge is 2.38. The van der Waals surface area contributed by atoms with E-state index in [1.165, 1.54) is 0 Å². The van der Waals surface area contributed by atoms with E-state index in [1.54, 1.807) is 17.4 Å². The van der Waals surface area contributed by atoms with Crippen LogP contribution in [0.15, 0.2) is 29.0 Å². The molecule has 1 aliphatic carbocycles. The summed E-state index contributed by atoms with van der Waals surface area (Å²) in [6, 6.07) is 6.02. The Labute approximate surface area is 194 Å². The topological polar surface area (TPSA) is 132 Å². The summed E-state index contributed by atoms with van der Waals surface area (Å²) in [7, 11) is 0. The minimum atomic E-state index is -5.08. The fourth-order valence-electron chi connectivity index (χ4n) is 2.78. The van der Waals surface area contributed by atoms with Crippen molar-refractivity contribution in [3.8, 4) is 6.07 Å². The Morgan fingerprint density at radius 3 is 2.44 bits per heavy atom. The molecule has 12 heteroatoms. The van der Waals surface area contributed by atoms with Crippen molar-refractivity contribution in [1.82, 2.24) is 14.9 Å². The van der Waals surface area contributed by atoms with E-state index in [2.05, 4.69) is 21.4 Å². The summed E-state index contributed by atoms with van der Waals surface area (Å²) < 4.78 is 37.1. The lowest BCUT2D eigenvalue weighted by Crippen LogP contribution is -2.35. The van der Waals surface area contributed by atoms with Gasteiger partial charge in [-0.15, -0.1) is 0 Å². The number of alkyl halides is 3. The molecule has 1 aliphatic rings. The zero-order valence-corrected chi connectivity index (χ0v) is 19.0. The summed E-state index contributed by atoms with van der Waals surface area (Å²) in [6.45, 7) is 6.95. The molecule has 3 rings (SSSR count). The van der Waals surface area contributed by atoms with Crippen LogP contribution in [0, 0.1) is 11.3 Å². The van der Waals surface area contributed by atoms with Crippen molar-refractivity contribution in [2.45, 2.75) is 64.2 Å². The number of halogens is 3. The minimum Gasteiger partial charge on any atom is -0.475 e. The van der Waals surface area contributed by atoms with E-state index < -0.39 is 12.1 Å². The number of nitriles is 1. The van der Waals surface area contributed by atoms with Gasteiger partial charge in [0.2, 0.25) is 0 Å². The van der Waals surface area contributed by atoms with Gasteiger partial charge >= 0.3 is 12.1 Å². The van der Waals surface area contributed by atoms with Crippen molar-refractivity contribution < 1.29 is 32.3 Å². The Balaban J connectivity index is 0.000000509. The van der Waals surface area contributed by atoms with Crippen molar-refractivity contribution >= 4 is 17.7 Å². The molecule has 184 valence electrons. The van der Waals surface area contributed by atoms with E-state index in [9.17, 15) is 18.0 Å². The molecule has 0 aromatic carbocycles. The highest BCUT2D eigenvalue weighted by atomic mass is 19.4. The Hall–Kier alpha value is -3.62. The number of carboxylic acids is 1. The molecular formula is C22H26F3N5O4. The first-order valence-corrected chi connectivity index (χ1v) is 10.5. The number of aliphatic carboxylic acids is 1. The van der Waals surface area contributed by atoms with Crippen LogP contribution in [0.25, 0.3) is 0 Å². The predicted octanol–water partition coefficient (Wildman–Crippen LogP) is 4.13. The number of amides is 1. The van der Waals surface area contributed by atoms with Crippen LogP contribution in [0.4, 0.5) is 19.0 Å². The molecule has 34 heavy (non-hydrogen) atoms. The molecule has 1 saturated carbocycles. The molecule has 0 radical (unpaired) electrons. The maximum atomic E-state index is 13.1. The fourth-order valence-corrected chi connectivity index (χ4v) is 2.78. The van der Waals surface area contributed by atoms with Gasteiger partial charge in [0.05, 0.1) is 25.3 Å². The number of furan rings is 1. The fraction of sp³-hybridized carbons (Fsp3) is 0.500. The largest absolute Gasteiger partial charge is 0.490 e. The van der Waals surface area contributed by atoms with Gasteiger partial charge in [0, 0.05) is 24.2 Å². The van der Waals surface area contributed by atoms with Crippen LogP contribution < -0.4 is 5.32 Å². The quantitative estimate of drug-likeness (QED) is 0.603. The van der Waals surface area contributed by atoms with E-state index in [0.717, 1.165) is 18.6 Å². The number of nitrogens with one attached hydrogen (secondary N) is 1. The van der Waals surface area contributed by atoms with Crippen molar-refractivity contribution in [2.24, 2.45) is 0 Å². The standard InChI is InChI=1S/C20H25N5O2.C2HF3O2/c1-20(2,3)19-23-13-16(17(24-19)22-12-15-6-4-11-27-15)18(26)25(10-5-9-21)14-7-8-14;3-2(4,5)1(6)7/h4,6,11,13-14H,5,7-8,10,12H2,1-3H3,(H,22,23,24);(H,6,7). The zero-order valence-electron chi connectivity index (χ0n) is 19.0. The number of carboxylic acid groups (broad SMARTS) is 1. The molecule has 2 aromatic rings. The number of aromatic nitrogens is 2. The third-order valence-electron chi connectivity index (χ3n) is 4.66. The Morgan fingerprint density at radius 2 is 1.97 bits per heavy atom. The van der Waals surface area contributed by atoms with E-state index in [4.69, 9.17) is 19.6 Å². The molecule has 1 amide bonds. The molecule has 0 saturated heterocycles. The first-order valence-electron chi connectivity index (χ1n) is 10.5. The molecule has 0 atom stereocenters. The van der Waals surface area contributed by atoms with Crippen molar-refractivity contribution in [3.63, 3.8) is 0 Å². The van der Waals surface area contributed by atoms with E-state index in [0.29, 0.717) is 36.7 Å². The first kappa shape index (κ1) is 26.6. The lowest BCUT2D eigenvalue weighted by Gasteiger charge is -2.24. The maximum Gasteiger partial charge on any atom is 0.490 e. The van der Waals surface area contributed by atoms with Crippen molar-refractivity contribution in [3.05, 3.63) is 41.7 Å². The number of carbonyl (C=O) groups is 2. The van der Waals surface area contributed by atoms with Gasteiger partial charge < -0.3 is 19.7 Å². The summed E-state index contributed by atoms with van der Waals surface area (Å²) in [5.74, 6) is -0.967. The first-order chi connectivity index (χ1) is 15.8. The molecule has 0 bridgehead atoms. The van der Waals surface area contributed by atoms with Crippen LogP contribution in [-0.4, -0.2) is 50.6 Å². The highest BCUT2D eigenvalue weighted by molar-refractivity contribution is 5.98. The van der Waals surface area contributed by atoms with Crippen LogP contribution in [0.1, 0.15) is 62.0 Å². The van der Waals surface area contributed by atoms with Crippen LogP contribution in [0.2, 0.25) is 0 Å². The zero-order chi connectivity index (χ0) is 25.5. The Kier molecular flexibility index (Phi) is 8.62. The second kappa shape index (κ2) is 11.0. The van der Waals surface area contributed by atoms with E-state index in [-0.39, 0.29) is 17.4 Å². The van der Waals surface area contributed by atoms with Crippen LogP contribution >= 0.6 is 0 Å². The average molecular weight is 481 g/mol. The minimum absolute atomic E-state index is 0.129. The molecule has 9 nitrogen and oxygen atoms in total. The molecule has 0 aliphatic heterocycles. The Bertz CT molecular complexity index is 1020. The molecule has 1 fully saturated rings. The highest BCUT2D eigenvalue weighted by Crippen LogP contribution is 2.30. The Morgan fingerprint density at radius 1 is 1.32 bits per heavy atom. The smallest absolute Gasteiger partial charge is 0.475 e. The summed E-state index contributed by atoms with van der Waals surface area (Å²) in [5, 5.41) is 19.3. The maximum absolute atomic E-state index is 13.1. The van der Waals surface area contributed by atoms with E-state index >= 15 is 0 Å². The number of hydrogen-bond donors (Lipinski definition) is 2. The number of nitrogens with zero attached hydrogens (tertiary/aromatic N) is 4. The van der Waals surface area contributed by atoms with Gasteiger partial charge in [-0.1, -0.05) is 20.8 Å². The van der Waals surface area contributed by atoms with Gasteiger partial charge in [-0.05, 0) is 25.0 Å². The molecule has 2 N–H and O–H groups in total. The van der Waals surface area contributed by atoms with Crippen LogP contribution in [-0.2, 0) is 16.8 Å². The van der Waals surface area contributed by atoms with Gasteiger partial charge in [0.15, 0.2) is 0 Å². The van der Waals surface area contributed by atoms with Gasteiger partial charge in [-0.3, -0.25) is 4.79 Å². The van der Waals surface area contributed by atoms with Gasteiger partial charge in [0.25, 0.3) is 5.91 Å². The van der Waals surface area contributed by atoms with Gasteiger partial charge in [-0.25, -0.2) is 14.8 Å². The second-order valence-electron chi connectivity index (χ2n) is 8.58. The van der Waals surface area contributed by atoms with E-state index in [1.807, 2.05) is 32.9 Å². The third kappa shape index (κ3) is 7.75. The molecule has 2 aromatic heterocycles. The second-order valence-corrected chi connectivity index (χ2v) is 8.58. The van der Waals surface area contributed by atoms with Crippen LogP contribution in [0.3, 0.4) is 0 Å².